The number of unbranched alkanes of at least 4 members (excludes halogenated alkanes) is 18. The Morgan fingerprint density at radius 3 is 1.00 bits per heavy atom. The number of Topliss-reactive ketones (excluding diaryl/α,β-unsaturated/α-hetero) is 1. The largest absolute Gasteiger partial charge is 0.0622 e. The number of hydrogen-bond acceptors (Lipinski definition) is 5. The van der Waals surface area contributed by atoms with Crippen molar-refractivity contribution in [2.45, 2.75) is 218 Å². The van der Waals surface area contributed by atoms with Gasteiger partial charge in [0.05, 0.1) is 0 Å². The molecule has 1 aromatic carbocycles. The molecule has 0 fully saturated rings. The Morgan fingerprint density at radius 1 is 0.490 bits per heavy atom. The number of aryl methyl sites for hydroxylation is 1. The maximum Gasteiger partial charge on any atom is -0.0398 e. The average molecular weight is 796 g/mol. The molecule has 0 aromatic heterocycles. The molecule has 286 valence electrons. The van der Waals surface area contributed by atoms with Gasteiger partial charge in [-0.25, -0.2) is 0 Å². The van der Waals surface area contributed by atoms with Crippen LogP contribution in [0.2, 0.25) is 8.87 Å². The third-order valence-corrected chi connectivity index (χ3v) is 11.9. The van der Waals surface area contributed by atoms with Gasteiger partial charge in [0.2, 0.25) is 0 Å². The summed E-state index contributed by atoms with van der Waals surface area (Å²) in [4.78, 5) is 30.0. The van der Waals surface area contributed by atoms with Crippen molar-refractivity contribution in [2.75, 3.05) is 0 Å². The van der Waals surface area contributed by atoms with Gasteiger partial charge in [-0.05, 0) is 39.5 Å². The van der Waals surface area contributed by atoms with E-state index in [1.807, 2.05) is 25.1 Å². The zero-order valence-corrected chi connectivity index (χ0v) is 36.4. The van der Waals surface area contributed by atoms with Crippen molar-refractivity contribution in [3.8, 4) is 0 Å². The van der Waals surface area contributed by atoms with E-state index >= 15 is 0 Å². The second kappa shape index (κ2) is 51.0. The Labute approximate surface area is 315 Å². The van der Waals surface area contributed by atoms with Gasteiger partial charge in [0.1, 0.15) is 5.78 Å². The zero-order valence-electron chi connectivity index (χ0n) is 33.5. The van der Waals surface area contributed by atoms with Crippen LogP contribution in [0.15, 0.2) is 30.3 Å². The molecule has 0 aliphatic carbocycles. The summed E-state index contributed by atoms with van der Waals surface area (Å²) in [6.45, 7) is 14.5. The molecule has 0 saturated heterocycles. The molecule has 0 bridgehead atoms. The van der Waals surface area contributed by atoms with Crippen molar-refractivity contribution in [3.05, 3.63) is 35.9 Å². The quantitative estimate of drug-likeness (QED) is 0.0652. The molecule has 0 aliphatic rings. The van der Waals surface area contributed by atoms with E-state index in [0.29, 0.717) is 6.42 Å². The summed E-state index contributed by atoms with van der Waals surface area (Å²) in [6, 6.07) is 10.3. The summed E-state index contributed by atoms with van der Waals surface area (Å²) in [7, 11) is 0. The van der Waals surface area contributed by atoms with Gasteiger partial charge in [0, 0.05) is 18.4 Å². The van der Waals surface area contributed by atoms with E-state index in [0.717, 1.165) is 25.7 Å². The number of ketones is 1. The van der Waals surface area contributed by atoms with Gasteiger partial charge >= 0.3 is 69.5 Å². The molecule has 0 aliphatic heterocycles. The van der Waals surface area contributed by atoms with Crippen LogP contribution in [0.25, 0.3) is 0 Å². The fraction of sp³-hybridized carbons (Fsp3) is 0.791. The molecule has 0 amide bonds. The first-order valence-corrected chi connectivity index (χ1v) is 24.3. The smallest absolute Gasteiger partial charge is 0.0398 e. The van der Waals surface area contributed by atoms with Crippen LogP contribution >= 0.6 is 0 Å². The molecule has 49 heavy (non-hydrogen) atoms. The summed E-state index contributed by atoms with van der Waals surface area (Å²) in [6.07, 6.45) is 28.8. The number of carboxylic acid groups (broad SMARTS) is 2. The minimum absolute atomic E-state index is 0.149. The molecular formula is C43H80O5Sn. The number of rotatable bonds is 27. The molecule has 0 spiro atoms. The Bertz CT molecular complexity index is 731. The third kappa shape index (κ3) is 69.2. The van der Waals surface area contributed by atoms with E-state index in [4.69, 9.17) is 0 Å². The van der Waals surface area contributed by atoms with Gasteiger partial charge in [0.15, 0.2) is 0 Å². The summed E-state index contributed by atoms with van der Waals surface area (Å²) >= 11 is 0.149. The van der Waals surface area contributed by atoms with Gasteiger partial charge in [-0.15, -0.1) is 0 Å². The maximum atomic E-state index is 10.1. The number of carbonyl (C=O) groups is 3. The van der Waals surface area contributed by atoms with E-state index in [9.17, 15) is 24.6 Å². The number of hydrogen-bond donors (Lipinski definition) is 0. The van der Waals surface area contributed by atoms with E-state index in [-0.39, 0.29) is 39.8 Å². The first-order chi connectivity index (χ1) is 23.6. The first kappa shape index (κ1) is 54.4. The fourth-order valence-electron chi connectivity index (χ4n) is 4.42. The average Bonchev–Trinajstić information content (AvgIpc) is 3.08. The van der Waals surface area contributed by atoms with Crippen LogP contribution in [-0.2, 0) is 14.4 Å². The fourth-order valence-corrected chi connectivity index (χ4v) is 8.58. The molecule has 0 radical (unpaired) electrons. The van der Waals surface area contributed by atoms with Crippen molar-refractivity contribution < 1.29 is 24.6 Å². The second-order valence-electron chi connectivity index (χ2n) is 13.1. The predicted molar refractivity (Wildman–Crippen MR) is 211 cm³/mol. The Morgan fingerprint density at radius 2 is 0.776 bits per heavy atom. The van der Waals surface area contributed by atoms with Crippen molar-refractivity contribution in [1.29, 1.82) is 0 Å². The van der Waals surface area contributed by atoms with Crippen LogP contribution in [-0.4, -0.2) is 38.9 Å². The molecule has 5 nitrogen and oxygen atoms in total. The maximum absolute atomic E-state index is 10.1. The molecule has 0 N–H and O–H groups in total. The summed E-state index contributed by atoms with van der Waals surface area (Å²) in [5.41, 5.74) is 1.32. The van der Waals surface area contributed by atoms with Crippen LogP contribution in [0.4, 0.5) is 0 Å². The molecule has 0 heterocycles. The molecule has 1 aromatic rings. The number of aliphatic carboxylic acids is 2. The molecule has 0 atom stereocenters. The Balaban J connectivity index is -0.000000270. The standard InChI is InChI=1S/2C12H24O2.C7H8.C4H8O.2C4H9.Sn/c2*1-2-3-4-5-6-7-8-9-10-11-12(13)14;1-7-5-3-2-4-6-7;1-3-4(2)5;2*1-3-4-2;/h2*2-11H2,1H3,(H,13,14);2-6H,1H3;3H2,1-2H3;2*1,3-4H2,2H3;/q;;;;;;+2/p-2. The van der Waals surface area contributed by atoms with E-state index < -0.39 is 11.9 Å². The van der Waals surface area contributed by atoms with E-state index in [2.05, 4.69) is 46.8 Å². The molecular weight excluding hydrogens is 715 g/mol. The van der Waals surface area contributed by atoms with Gasteiger partial charge < -0.3 is 24.6 Å². The Hall–Kier alpha value is -1.37. The minimum Gasteiger partial charge on any atom is -0.0622 e. The van der Waals surface area contributed by atoms with Crippen molar-refractivity contribution in [3.63, 3.8) is 0 Å². The van der Waals surface area contributed by atoms with Crippen LogP contribution < -0.4 is 10.2 Å². The summed E-state index contributed by atoms with van der Waals surface area (Å²) < 4.78 is 3.25. The topological polar surface area (TPSA) is 97.3 Å². The van der Waals surface area contributed by atoms with Crippen molar-refractivity contribution in [1.82, 2.24) is 0 Å². The normalized spacial score (nSPS) is 9.61. The predicted octanol–water partition coefficient (Wildman–Crippen LogP) is 11.4. The molecule has 1 rings (SSSR count). The molecule has 6 heteroatoms. The summed E-state index contributed by atoms with van der Waals surface area (Å²) in [5.74, 6) is -1.56. The van der Waals surface area contributed by atoms with Gasteiger partial charge in [-0.1, -0.05) is 159 Å². The van der Waals surface area contributed by atoms with Crippen molar-refractivity contribution in [2.24, 2.45) is 0 Å². The van der Waals surface area contributed by atoms with Gasteiger partial charge in [-0.3, -0.25) is 0 Å². The van der Waals surface area contributed by atoms with E-state index in [1.165, 1.54) is 121 Å². The number of carbonyl (C=O) groups excluding carboxylic acids is 3. The summed E-state index contributed by atoms with van der Waals surface area (Å²) in [5, 5.41) is 20.2. The number of carboxylic acids is 2. The van der Waals surface area contributed by atoms with Crippen LogP contribution in [0.3, 0.4) is 0 Å². The van der Waals surface area contributed by atoms with Gasteiger partial charge in [0.25, 0.3) is 0 Å². The zero-order chi connectivity index (χ0) is 37.6. The molecule has 0 unspecified atom stereocenters. The monoisotopic (exact) mass is 797 g/mol. The first-order valence-electron chi connectivity index (χ1n) is 20.2. The van der Waals surface area contributed by atoms with Crippen LogP contribution in [0, 0.1) is 6.92 Å². The second-order valence-corrected chi connectivity index (χ2v) is 17.3. The third-order valence-electron chi connectivity index (χ3n) is 7.82. The number of benzene rings is 1. The minimum atomic E-state index is -0.909. The molecule has 0 saturated carbocycles. The Kier molecular flexibility index (Phi) is 56.6. The van der Waals surface area contributed by atoms with E-state index in [1.54, 1.807) is 15.8 Å². The van der Waals surface area contributed by atoms with Crippen LogP contribution in [0.1, 0.15) is 208 Å². The van der Waals surface area contributed by atoms with Crippen LogP contribution in [0.5, 0.6) is 0 Å². The van der Waals surface area contributed by atoms with Gasteiger partial charge in [-0.2, -0.15) is 0 Å². The van der Waals surface area contributed by atoms with Crippen molar-refractivity contribution >= 4 is 38.9 Å². The SMILES string of the molecule is CCC(C)=O.CCCCCCCCCCCC(=O)[O-].CCCCCCCCCCCC(=O)[O-].CCC[CH2][Sn+2][CH2]CCC.Cc1ccccc1.